The molecule has 2 aromatic heterocycles. The number of fused-ring (bicyclic) bond motifs is 1. The van der Waals surface area contributed by atoms with Gasteiger partial charge in [-0.05, 0) is 18.1 Å². The van der Waals surface area contributed by atoms with Crippen LogP contribution in [-0.2, 0) is 14.3 Å². The summed E-state index contributed by atoms with van der Waals surface area (Å²) in [4.78, 5) is 23.7. The van der Waals surface area contributed by atoms with Crippen molar-refractivity contribution in [1.29, 1.82) is 0 Å². The number of aliphatic hydroxyl groups excluding tert-OH is 1. The highest BCUT2D eigenvalue weighted by molar-refractivity contribution is 6.33. The van der Waals surface area contributed by atoms with Crippen LogP contribution in [0.25, 0.3) is 11.2 Å². The Kier molecular flexibility index (Phi) is 5.31. The van der Waals surface area contributed by atoms with Crippen molar-refractivity contribution in [2.24, 2.45) is 0 Å². The number of alkyl halides is 1. The molecule has 11 heteroatoms. The Hall–Kier alpha value is -2.82. The van der Waals surface area contributed by atoms with E-state index in [4.69, 9.17) is 26.8 Å². The van der Waals surface area contributed by atoms with Gasteiger partial charge in [0.1, 0.15) is 17.7 Å². The van der Waals surface area contributed by atoms with Gasteiger partial charge in [-0.1, -0.05) is 35.9 Å². The molecular weight excluding hydrogens is 417 g/mol. The second kappa shape index (κ2) is 7.78. The lowest BCUT2D eigenvalue weighted by Gasteiger charge is -2.21. The summed E-state index contributed by atoms with van der Waals surface area (Å²) in [6, 6.07) is 7.03. The number of hydrogen-bond acceptors (Lipinski definition) is 8. The second-order valence-corrected chi connectivity index (χ2v) is 7.37. The van der Waals surface area contributed by atoms with Gasteiger partial charge in [0, 0.05) is 6.92 Å². The zero-order chi connectivity index (χ0) is 21.6. The molecule has 3 heterocycles. The molecule has 0 bridgehead atoms. The summed E-state index contributed by atoms with van der Waals surface area (Å²) in [6.07, 6.45) is -5.59. The van der Waals surface area contributed by atoms with Crippen molar-refractivity contribution in [2.45, 2.75) is 44.6 Å². The number of nitrogen functional groups attached to an aromatic ring is 1. The zero-order valence-corrected chi connectivity index (χ0v) is 16.8. The first-order valence-electron chi connectivity index (χ1n) is 9.14. The van der Waals surface area contributed by atoms with Gasteiger partial charge in [-0.15, -0.1) is 0 Å². The van der Waals surface area contributed by atoms with E-state index in [0.29, 0.717) is 5.56 Å². The van der Waals surface area contributed by atoms with E-state index in [-0.39, 0.29) is 22.3 Å². The quantitative estimate of drug-likeness (QED) is 0.472. The predicted octanol–water partition coefficient (Wildman–Crippen LogP) is 2.27. The van der Waals surface area contributed by atoms with E-state index < -0.39 is 36.7 Å². The molecule has 5 atom stereocenters. The molecule has 3 N–H and O–H groups in total. The van der Waals surface area contributed by atoms with Crippen LogP contribution in [0.4, 0.5) is 10.3 Å². The number of esters is 1. The van der Waals surface area contributed by atoms with E-state index in [0.717, 1.165) is 12.5 Å². The van der Waals surface area contributed by atoms with Crippen LogP contribution in [-0.4, -0.2) is 49.0 Å². The molecule has 9 nitrogen and oxygen atoms in total. The molecule has 3 aromatic rings. The Bertz CT molecular complexity index is 1110. The van der Waals surface area contributed by atoms with Crippen molar-refractivity contribution < 1.29 is 23.8 Å². The third kappa shape index (κ3) is 3.47. The molecule has 1 aliphatic heterocycles. The maximum atomic E-state index is 15.4. The lowest BCUT2D eigenvalue weighted by Crippen LogP contribution is -2.34. The Morgan fingerprint density at radius 2 is 2.13 bits per heavy atom. The van der Waals surface area contributed by atoms with Crippen molar-refractivity contribution in [3.63, 3.8) is 0 Å². The van der Waals surface area contributed by atoms with E-state index in [9.17, 15) is 9.90 Å². The van der Waals surface area contributed by atoms with Crippen LogP contribution in [0.15, 0.2) is 30.6 Å². The number of carbonyl (C=O) groups excluding carboxylic acids is 1. The molecule has 0 aliphatic carbocycles. The molecule has 0 spiro atoms. The average Bonchev–Trinajstić information content (AvgIpc) is 3.23. The minimum Gasteiger partial charge on any atom is -0.454 e. The molecule has 1 saturated heterocycles. The van der Waals surface area contributed by atoms with Gasteiger partial charge in [0.05, 0.1) is 6.33 Å². The number of anilines is 1. The molecule has 1 aliphatic rings. The van der Waals surface area contributed by atoms with E-state index in [1.54, 1.807) is 25.1 Å². The standard InChI is InChI=1S/C19H19ClFN5O4/c1-8-5-3-4-6-10(8)13(28)14-11(21)15(29-9(2)27)18(30-14)26-7-23-12-16(20)24-19(22)25-17(12)26/h3-7,11,13-15,18,28H,1-2H3,(H2,22,24,25)/t11-,13?,14+,15-,18-/m1/s1. The highest BCUT2D eigenvalue weighted by atomic mass is 35.5. The van der Waals surface area contributed by atoms with Crippen molar-refractivity contribution in [3.05, 3.63) is 46.9 Å². The van der Waals surface area contributed by atoms with Crippen LogP contribution in [0.3, 0.4) is 0 Å². The Morgan fingerprint density at radius 1 is 1.40 bits per heavy atom. The zero-order valence-electron chi connectivity index (χ0n) is 16.1. The number of aliphatic hydroxyl groups is 1. The predicted molar refractivity (Wildman–Crippen MR) is 105 cm³/mol. The fraction of sp³-hybridized carbons (Fsp3) is 0.368. The summed E-state index contributed by atoms with van der Waals surface area (Å²) in [5.74, 6) is -0.802. The molecule has 0 amide bonds. The minimum absolute atomic E-state index is 0.0200. The van der Waals surface area contributed by atoms with Gasteiger partial charge in [0.2, 0.25) is 5.95 Å². The lowest BCUT2D eigenvalue weighted by atomic mass is 9.96. The molecule has 0 radical (unpaired) electrons. The van der Waals surface area contributed by atoms with Gasteiger partial charge < -0.3 is 20.3 Å². The monoisotopic (exact) mass is 435 g/mol. The fourth-order valence-corrected chi connectivity index (χ4v) is 3.84. The molecule has 4 rings (SSSR count). The Morgan fingerprint density at radius 3 is 2.83 bits per heavy atom. The third-order valence-corrected chi connectivity index (χ3v) is 5.26. The van der Waals surface area contributed by atoms with Crippen molar-refractivity contribution in [1.82, 2.24) is 19.5 Å². The van der Waals surface area contributed by atoms with Crippen LogP contribution in [0.2, 0.25) is 5.15 Å². The smallest absolute Gasteiger partial charge is 0.303 e. The minimum atomic E-state index is -1.82. The normalized spacial score (nSPS) is 24.8. The summed E-state index contributed by atoms with van der Waals surface area (Å²) in [5.41, 5.74) is 7.38. The van der Waals surface area contributed by atoms with Gasteiger partial charge in [-0.2, -0.15) is 9.97 Å². The summed E-state index contributed by atoms with van der Waals surface area (Å²) < 4.78 is 27.8. The van der Waals surface area contributed by atoms with E-state index in [1.165, 1.54) is 10.9 Å². The summed E-state index contributed by atoms with van der Waals surface area (Å²) >= 11 is 6.06. The van der Waals surface area contributed by atoms with Crippen molar-refractivity contribution in [2.75, 3.05) is 5.73 Å². The van der Waals surface area contributed by atoms with E-state index in [2.05, 4.69) is 15.0 Å². The average molecular weight is 436 g/mol. The second-order valence-electron chi connectivity index (χ2n) is 7.01. The van der Waals surface area contributed by atoms with Crippen LogP contribution in [0, 0.1) is 6.92 Å². The first-order valence-corrected chi connectivity index (χ1v) is 9.51. The molecule has 158 valence electrons. The van der Waals surface area contributed by atoms with Crippen molar-refractivity contribution >= 4 is 34.7 Å². The topological polar surface area (TPSA) is 125 Å². The summed E-state index contributed by atoms with van der Waals surface area (Å²) in [5, 5.41) is 10.9. The number of imidazole rings is 1. The van der Waals surface area contributed by atoms with E-state index in [1.807, 2.05) is 6.07 Å². The Balaban J connectivity index is 1.75. The number of nitrogens with zero attached hydrogens (tertiary/aromatic N) is 4. The molecule has 0 saturated carbocycles. The van der Waals surface area contributed by atoms with Crippen LogP contribution in [0.5, 0.6) is 0 Å². The van der Waals surface area contributed by atoms with Gasteiger partial charge in [0.25, 0.3) is 0 Å². The maximum Gasteiger partial charge on any atom is 0.303 e. The SMILES string of the molecule is CC(=O)O[C@@H]1[C@H](F)[C@@H](C(O)c2ccccc2C)O[C@H]1n1cnc2c(Cl)nc(N)nc21. The highest BCUT2D eigenvalue weighted by Gasteiger charge is 2.52. The molecule has 1 aromatic carbocycles. The van der Waals surface area contributed by atoms with Gasteiger partial charge in [-0.3, -0.25) is 9.36 Å². The van der Waals surface area contributed by atoms with Crippen molar-refractivity contribution in [3.8, 4) is 0 Å². The molecule has 30 heavy (non-hydrogen) atoms. The molecular formula is C19H19ClFN5O4. The summed E-state index contributed by atoms with van der Waals surface area (Å²) in [6.45, 7) is 2.96. The largest absolute Gasteiger partial charge is 0.454 e. The molecule has 1 unspecified atom stereocenters. The lowest BCUT2D eigenvalue weighted by molar-refractivity contribution is -0.154. The van der Waals surface area contributed by atoms with Gasteiger partial charge in [0.15, 0.2) is 29.3 Å². The number of nitrogens with two attached hydrogens (primary N) is 1. The first kappa shape index (κ1) is 20.5. The molecule has 1 fully saturated rings. The number of aromatic nitrogens is 4. The van der Waals surface area contributed by atoms with Gasteiger partial charge >= 0.3 is 5.97 Å². The summed E-state index contributed by atoms with van der Waals surface area (Å²) in [7, 11) is 0. The van der Waals surface area contributed by atoms with Gasteiger partial charge in [-0.25, -0.2) is 9.37 Å². The number of halogens is 2. The first-order chi connectivity index (χ1) is 14.3. The Labute approximate surface area is 175 Å². The number of hydrogen-bond donors (Lipinski definition) is 2. The maximum absolute atomic E-state index is 15.4. The van der Waals surface area contributed by atoms with Crippen LogP contribution in [0.1, 0.15) is 30.4 Å². The number of ether oxygens (including phenoxy) is 2. The van der Waals surface area contributed by atoms with E-state index >= 15 is 4.39 Å². The number of benzene rings is 1. The highest BCUT2D eigenvalue weighted by Crippen LogP contribution is 2.41. The number of rotatable bonds is 4. The van der Waals surface area contributed by atoms with Crippen LogP contribution < -0.4 is 5.73 Å². The third-order valence-electron chi connectivity index (χ3n) is 5.00. The number of aryl methyl sites for hydroxylation is 1. The van der Waals surface area contributed by atoms with Crippen LogP contribution >= 0.6 is 11.6 Å². The number of carbonyl (C=O) groups is 1. The fourth-order valence-electron chi connectivity index (χ4n) is 3.62.